The van der Waals surface area contributed by atoms with Gasteiger partial charge in [0.15, 0.2) is 0 Å². The van der Waals surface area contributed by atoms with Crippen molar-refractivity contribution < 1.29 is 121 Å². The average molecular weight is 2120 g/mol. The van der Waals surface area contributed by atoms with Crippen LogP contribution in [-0.2, 0) is 134 Å². The fourth-order valence-electron chi connectivity index (χ4n) is 16.0. The van der Waals surface area contributed by atoms with Gasteiger partial charge in [0.05, 0.1) is 44.2 Å². The smallest absolute Gasteiger partial charge is 0.326 e. The van der Waals surface area contributed by atoms with Crippen LogP contribution in [0.3, 0.4) is 0 Å². The highest BCUT2D eigenvalue weighted by Crippen LogP contribution is 2.24. The molecule has 810 valence electrons. The molecule has 4 heterocycles. The summed E-state index contributed by atoms with van der Waals surface area (Å²) in [4.78, 5) is 301. The number of fused-ring (bicyclic) bond motifs is 2. The molecule has 4 aromatic heterocycles. The van der Waals surface area contributed by atoms with Gasteiger partial charge in [-0.25, -0.2) is 14.8 Å². The van der Waals surface area contributed by atoms with Crippen molar-refractivity contribution in [3.63, 3.8) is 0 Å². The van der Waals surface area contributed by atoms with E-state index < -0.39 is 284 Å². The summed E-state index contributed by atoms with van der Waals surface area (Å²) in [6.07, 6.45) is 2.93. The minimum absolute atomic E-state index is 0.0148. The average Bonchev–Trinajstić information content (AvgIpc) is 1.67. The fraction of sp³-hybridized carbons (Fsp3) is 0.455. The topological polar surface area (TPSA) is 776 Å². The van der Waals surface area contributed by atoms with E-state index in [4.69, 9.17) is 11.5 Å². The number of aliphatic carboxylic acids is 3. The van der Waals surface area contributed by atoms with Crippen molar-refractivity contribution in [2.24, 2.45) is 23.3 Å². The van der Waals surface area contributed by atoms with Crippen molar-refractivity contribution in [3.8, 4) is 0 Å². The Bertz CT molecular complexity index is 5970. The maximum atomic E-state index is 15.3. The number of thioether (sulfide) groups is 2. The Balaban J connectivity index is 0.983. The molecule has 8 rings (SSSR count). The number of carboxylic acid groups (broad SMARTS) is 3. The van der Waals surface area contributed by atoms with Crippen molar-refractivity contribution in [2.75, 3.05) is 30.6 Å². The predicted octanol–water partition coefficient (Wildman–Crippen LogP) is -3.14. The Hall–Kier alpha value is -15.6. The number of hydrogen-bond donors (Lipinski definition) is 27. The van der Waals surface area contributed by atoms with E-state index in [0.29, 0.717) is 38.9 Å². The van der Waals surface area contributed by atoms with Gasteiger partial charge < -0.3 is 142 Å². The SMILES string of the molecule is CC[C@H](C)[C@H](NC(=O)[C@@H](NC(=O)[C@H](Cc1c[nH]c2ccccc12)NC(=O)[C@H](Cc1ccccc1)NC(=O)[C@H](CC(=O)O)NC(=O)[C@@H](NC(=O)[C@@H](NC(=O)[C@H](Cc1ccccc1)NC(=O)[C@H](CCSC)NC(=O)[C@H](Cc1cnc[nH]1)NC(=O)[C@H](C)NC(=O)[C@H](Cc1c[nH]c2ccccc12)NC(=O)CN)[C@@H](C)O)C(C)C)[C@@H](C)O)C(=O)N[C@@H](CCSC)C(=O)N[C@@H](CCC(=O)O)C(=O)N[C@@H](CC(N)=O)C(=O)N[C@@H](Cc1cnc[nH]1)C(=O)O. The molecule has 4 aromatic carbocycles. The van der Waals surface area contributed by atoms with Crippen LogP contribution in [0.1, 0.15) is 127 Å². The van der Waals surface area contributed by atoms with Crippen LogP contribution in [0.15, 0.2) is 147 Å². The monoisotopic (exact) mass is 2120 g/mol. The third-order valence-corrected chi connectivity index (χ3v) is 25.7. The van der Waals surface area contributed by atoms with Gasteiger partial charge in [0.2, 0.25) is 100 Å². The lowest BCUT2D eigenvalue weighted by Crippen LogP contribution is -2.63. The summed E-state index contributed by atoms with van der Waals surface area (Å²) in [7, 11) is 0. The molecule has 0 aliphatic heterocycles. The maximum absolute atomic E-state index is 15.3. The minimum Gasteiger partial charge on any atom is -0.481 e. The molecule has 0 spiro atoms. The molecular formula is C99H132N24O25S2. The van der Waals surface area contributed by atoms with Gasteiger partial charge in [-0.05, 0) is 110 Å². The number of carboxylic acids is 3. The number of nitrogens with two attached hydrogens (primary N) is 2. The zero-order chi connectivity index (χ0) is 110. The van der Waals surface area contributed by atoms with Gasteiger partial charge >= 0.3 is 17.9 Å². The van der Waals surface area contributed by atoms with Gasteiger partial charge in [-0.3, -0.25) is 91.1 Å². The number of hydrogen-bond acceptors (Lipinski definition) is 27. The van der Waals surface area contributed by atoms with Crippen LogP contribution in [0.25, 0.3) is 21.8 Å². The lowest BCUT2D eigenvalue weighted by molar-refractivity contribution is -0.142. The van der Waals surface area contributed by atoms with Crippen LogP contribution in [0.4, 0.5) is 0 Å². The molecule has 0 unspecified atom stereocenters. The number of rotatable bonds is 63. The molecule has 150 heavy (non-hydrogen) atoms. The summed E-state index contributed by atoms with van der Waals surface area (Å²) in [6.45, 7) is 9.21. The molecule has 19 atom stereocenters. The maximum Gasteiger partial charge on any atom is 0.326 e. The molecule has 0 radical (unpaired) electrons. The number of nitrogens with one attached hydrogen (secondary N) is 20. The van der Waals surface area contributed by atoms with Gasteiger partial charge in [0.1, 0.15) is 96.7 Å². The van der Waals surface area contributed by atoms with Crippen LogP contribution in [0.2, 0.25) is 0 Å². The van der Waals surface area contributed by atoms with Crippen LogP contribution >= 0.6 is 23.5 Å². The predicted molar refractivity (Wildman–Crippen MR) is 549 cm³/mol. The first-order valence-electron chi connectivity index (χ1n) is 48.4. The highest BCUT2D eigenvalue weighted by Gasteiger charge is 2.43. The molecule has 0 saturated carbocycles. The number of imidazole rings is 2. The molecule has 0 aliphatic carbocycles. The lowest BCUT2D eigenvalue weighted by Gasteiger charge is -2.30. The first-order chi connectivity index (χ1) is 71.4. The van der Waals surface area contributed by atoms with Gasteiger partial charge in [0, 0.05) is 103 Å². The van der Waals surface area contributed by atoms with Crippen molar-refractivity contribution >= 4 is 164 Å². The third kappa shape index (κ3) is 37.3. The van der Waals surface area contributed by atoms with Gasteiger partial charge in [-0.2, -0.15) is 23.5 Å². The van der Waals surface area contributed by atoms with Crippen molar-refractivity contribution in [1.29, 1.82) is 0 Å². The summed E-state index contributed by atoms with van der Waals surface area (Å²) in [5, 5.41) is 94.5. The molecule has 49 nitrogen and oxygen atoms in total. The minimum atomic E-state index is -2.10. The Morgan fingerprint density at radius 2 is 0.693 bits per heavy atom. The number of aliphatic hydroxyl groups excluding tert-OH is 2. The van der Waals surface area contributed by atoms with Crippen molar-refractivity contribution in [3.05, 3.63) is 180 Å². The van der Waals surface area contributed by atoms with E-state index in [0.717, 1.165) is 24.8 Å². The number of primary amides is 1. The first-order valence-corrected chi connectivity index (χ1v) is 51.1. The summed E-state index contributed by atoms with van der Waals surface area (Å²) in [5.74, 6) is -24.2. The largest absolute Gasteiger partial charge is 0.481 e. The summed E-state index contributed by atoms with van der Waals surface area (Å²) in [5.41, 5.74) is 14.9. The molecule has 0 saturated heterocycles. The van der Waals surface area contributed by atoms with Crippen molar-refractivity contribution in [1.82, 2.24) is 115 Å². The number of carbonyl (C=O) groups is 20. The fourth-order valence-corrected chi connectivity index (χ4v) is 16.9. The zero-order valence-corrected chi connectivity index (χ0v) is 85.6. The Labute approximate surface area is 870 Å². The lowest BCUT2D eigenvalue weighted by atomic mass is 9.96. The molecule has 8 aromatic rings. The number of para-hydroxylation sites is 2. The summed E-state index contributed by atoms with van der Waals surface area (Å²) in [6, 6.07) is 3.21. The number of aliphatic hydroxyl groups is 2. The van der Waals surface area contributed by atoms with E-state index in [1.807, 2.05) is 18.2 Å². The molecule has 17 amide bonds. The van der Waals surface area contributed by atoms with E-state index >= 15 is 9.59 Å². The molecule has 0 fully saturated rings. The molecule has 29 N–H and O–H groups in total. The Morgan fingerprint density at radius 3 is 1.11 bits per heavy atom. The van der Waals surface area contributed by atoms with E-state index in [1.165, 1.54) is 82.5 Å². The highest BCUT2D eigenvalue weighted by molar-refractivity contribution is 7.98. The van der Waals surface area contributed by atoms with Crippen LogP contribution in [0, 0.1) is 11.8 Å². The first kappa shape index (κ1) is 120. The highest BCUT2D eigenvalue weighted by atomic mass is 32.2. The number of aromatic amines is 4. The van der Waals surface area contributed by atoms with E-state index in [9.17, 15) is 112 Å². The molecule has 0 bridgehead atoms. The Kier molecular flexibility index (Phi) is 47.3. The molecule has 0 aliphatic rings. The number of nitrogens with zero attached hydrogens (tertiary/aromatic N) is 2. The van der Waals surface area contributed by atoms with Crippen LogP contribution in [0.5, 0.6) is 0 Å². The third-order valence-electron chi connectivity index (χ3n) is 24.4. The standard InChI is InChI=1S/C99H132N24O25S2/c1-10-51(4)81(96(144)112-67(32-34-150-9)86(134)110-65(29-30-78(128)129)85(133)117-73(41-76(101)126)91(139)119-75(99(147)148)40-60-47-103-49-107-60)121-98(146)83(54(7)125)123-94(142)71(38-58-45-105-64-28-20-18-26-62(58)64)116-89(137)68(35-55-21-13-11-14-22-55)115-92(140)74(42-79(130)131)118-95(143)80(50(2)3)120-97(145)82(53(6)124)122-93(141)69(36-56-23-15-12-16-24-56)114-87(135)66(31-33-149-8)111-90(138)72(39-59-46-102-48-106-59)113-84(132)52(5)108-88(136)70(109-77(127)43-100)37-57-44-104-63-27-19-17-25-61(57)63/h11-28,44-54,65-75,80-83,104-105,124-125H,10,29-43,100H2,1-9H3,(H2,101,126)(H,102,106)(H,103,107)(H,108,136)(H,109,127)(H,110,134)(H,111,138)(H,112,144)(H,113,132)(H,114,135)(H,115,140)(H,116,137)(H,117,133)(H,118,143)(H,119,139)(H,120,145)(H,121,146)(H,122,141)(H,123,142)(H,128,129)(H,130,131)(H,147,148)/t51-,52-,53+,54+,65-,66-,67-,68-,69-,70-,71-,72-,73-,74-,75-,80-,81-,82-,83-/m0/s1. The van der Waals surface area contributed by atoms with Gasteiger partial charge in [-0.15, -0.1) is 0 Å². The number of aromatic nitrogens is 6. The Morgan fingerprint density at radius 1 is 0.353 bits per heavy atom. The quantitative estimate of drug-likeness (QED) is 0.0179. The van der Waals surface area contributed by atoms with Crippen LogP contribution in [-0.4, -0.2) is 313 Å². The summed E-state index contributed by atoms with van der Waals surface area (Å²) >= 11 is 2.51. The second kappa shape index (κ2) is 59.4. The number of amides is 17. The zero-order valence-electron chi connectivity index (χ0n) is 84.0. The number of benzene rings is 4. The molecule has 51 heteroatoms. The second-order valence-electron chi connectivity index (χ2n) is 36.4. The number of H-pyrrole nitrogens is 4. The van der Waals surface area contributed by atoms with Gasteiger partial charge in [0.25, 0.3) is 0 Å². The van der Waals surface area contributed by atoms with E-state index in [-0.39, 0.29) is 62.1 Å². The normalized spacial score (nSPS) is 15.1. The van der Waals surface area contributed by atoms with Gasteiger partial charge in [-0.1, -0.05) is 131 Å². The molecular weight excluding hydrogens is 1990 g/mol. The summed E-state index contributed by atoms with van der Waals surface area (Å²) < 4.78 is 0. The van der Waals surface area contributed by atoms with E-state index in [1.54, 1.807) is 117 Å². The second-order valence-corrected chi connectivity index (χ2v) is 38.4. The number of carbonyl (C=O) groups excluding carboxylic acids is 17. The van der Waals surface area contributed by atoms with Crippen molar-refractivity contribution in [2.45, 2.75) is 241 Å². The van der Waals surface area contributed by atoms with E-state index in [2.05, 4.69) is 115 Å². The van der Waals surface area contributed by atoms with Crippen LogP contribution < -0.4 is 96.5 Å².